The molecule has 1 aliphatic heterocycles. The predicted molar refractivity (Wildman–Crippen MR) is 108 cm³/mol. The van der Waals surface area contributed by atoms with Gasteiger partial charge >= 0.3 is 0 Å². The number of imidazole rings is 1. The van der Waals surface area contributed by atoms with Crippen LogP contribution in [0.15, 0.2) is 82.9 Å². The third-order valence-electron chi connectivity index (χ3n) is 5.84. The number of benzene rings is 1. The average Bonchev–Trinajstić information content (AvgIpc) is 3.40. The number of rotatable bonds is 2. The molecule has 2 aliphatic rings. The lowest BCUT2D eigenvalue weighted by atomic mass is 9.79. The molecule has 2 atom stereocenters. The van der Waals surface area contributed by atoms with Crippen LogP contribution in [0.25, 0.3) is 11.0 Å². The van der Waals surface area contributed by atoms with Crippen LogP contribution in [0.2, 0.25) is 0 Å². The summed E-state index contributed by atoms with van der Waals surface area (Å²) >= 11 is 0. The van der Waals surface area contributed by atoms with Gasteiger partial charge in [0.1, 0.15) is 5.76 Å². The first-order chi connectivity index (χ1) is 14.3. The van der Waals surface area contributed by atoms with Crippen LogP contribution in [0.1, 0.15) is 36.1 Å². The molecule has 6 nitrogen and oxygen atoms in total. The third-order valence-corrected chi connectivity index (χ3v) is 5.84. The van der Waals surface area contributed by atoms with Gasteiger partial charge in [-0.1, -0.05) is 18.2 Å². The summed E-state index contributed by atoms with van der Waals surface area (Å²) in [5, 5.41) is 3.46. The summed E-state index contributed by atoms with van der Waals surface area (Å²) in [6.45, 7) is 0. The number of furan rings is 1. The number of hydrogen-bond donors (Lipinski definition) is 1. The fraction of sp³-hybridized carbons (Fsp3) is 0.174. The van der Waals surface area contributed by atoms with Gasteiger partial charge in [0.15, 0.2) is 5.78 Å². The molecule has 6 heteroatoms. The van der Waals surface area contributed by atoms with Gasteiger partial charge in [-0.2, -0.15) is 0 Å². The molecule has 1 aliphatic carbocycles. The summed E-state index contributed by atoms with van der Waals surface area (Å²) in [5.74, 6) is 1.78. The summed E-state index contributed by atoms with van der Waals surface area (Å²) < 4.78 is 7.72. The molecule has 0 spiro atoms. The molecule has 0 radical (unpaired) electrons. The van der Waals surface area contributed by atoms with E-state index in [1.807, 2.05) is 54.7 Å². The number of fused-ring (bicyclic) bond motifs is 3. The summed E-state index contributed by atoms with van der Waals surface area (Å²) in [5.41, 5.74) is 4.61. The Hall–Kier alpha value is -3.67. The number of carbonyl (C=O) groups is 1. The van der Waals surface area contributed by atoms with Crippen LogP contribution in [0.3, 0.4) is 0 Å². The van der Waals surface area contributed by atoms with E-state index in [9.17, 15) is 4.79 Å². The Bertz CT molecular complexity index is 1250. The molecule has 142 valence electrons. The molecule has 6 rings (SSSR count). The minimum atomic E-state index is -0.243. The number of nitrogens with one attached hydrogen (secondary N) is 1. The number of aromatic nitrogens is 3. The van der Waals surface area contributed by atoms with Crippen LogP contribution in [0.5, 0.6) is 0 Å². The molecule has 1 N–H and O–H groups in total. The normalized spacial score (nSPS) is 21.0. The minimum absolute atomic E-state index is 0.0363. The highest BCUT2D eigenvalue weighted by Gasteiger charge is 2.40. The van der Waals surface area contributed by atoms with Crippen molar-refractivity contribution in [3.63, 3.8) is 0 Å². The van der Waals surface area contributed by atoms with Crippen molar-refractivity contribution in [1.29, 1.82) is 0 Å². The Balaban J connectivity index is 1.56. The van der Waals surface area contributed by atoms with E-state index in [4.69, 9.17) is 9.40 Å². The number of ketones is 1. The summed E-state index contributed by atoms with van der Waals surface area (Å²) in [6, 6.07) is 15.5. The van der Waals surface area contributed by atoms with Crippen molar-refractivity contribution in [1.82, 2.24) is 14.5 Å². The summed E-state index contributed by atoms with van der Waals surface area (Å²) in [6.07, 6.45) is 6.41. The van der Waals surface area contributed by atoms with Crippen LogP contribution in [-0.4, -0.2) is 20.3 Å². The molecule has 3 aromatic heterocycles. The zero-order valence-corrected chi connectivity index (χ0v) is 15.6. The Morgan fingerprint density at radius 1 is 1.07 bits per heavy atom. The van der Waals surface area contributed by atoms with Gasteiger partial charge in [-0.15, -0.1) is 0 Å². The average molecular weight is 382 g/mol. The van der Waals surface area contributed by atoms with Gasteiger partial charge in [-0.05, 0) is 42.3 Å². The molecule has 4 aromatic rings. The van der Waals surface area contributed by atoms with E-state index >= 15 is 0 Å². The summed E-state index contributed by atoms with van der Waals surface area (Å²) in [4.78, 5) is 22.5. The van der Waals surface area contributed by atoms with Crippen molar-refractivity contribution < 1.29 is 9.21 Å². The highest BCUT2D eigenvalue weighted by Crippen LogP contribution is 2.45. The quantitative estimate of drug-likeness (QED) is 0.555. The molecule has 0 bridgehead atoms. The molecule has 0 saturated heterocycles. The van der Waals surface area contributed by atoms with E-state index in [0.29, 0.717) is 12.8 Å². The zero-order chi connectivity index (χ0) is 19.4. The lowest BCUT2D eigenvalue weighted by molar-refractivity contribution is -0.116. The molecule has 0 amide bonds. The topological polar surface area (TPSA) is 73.0 Å². The standard InChI is InChI=1S/C23H18N4O2/c28-19-12-15(20-8-4-10-29-20)11-17-21(19)22(14-5-3-9-24-13-14)27-18-7-2-1-6-16(18)25-23(27)26-17/h1-10,13,15,22H,11-12H2,(H,25,26)/t15-,22+/m0/s1. The molecule has 4 heterocycles. The van der Waals surface area contributed by atoms with Crippen molar-refractivity contribution in [3.05, 3.63) is 89.8 Å². The van der Waals surface area contributed by atoms with Crippen molar-refractivity contribution >= 4 is 22.8 Å². The SMILES string of the molecule is O=C1C[C@@H](c2ccco2)CC2=C1[C@@H](c1cccnc1)n1c(nc3ccccc31)N2. The van der Waals surface area contributed by atoms with E-state index in [-0.39, 0.29) is 17.7 Å². The van der Waals surface area contributed by atoms with Crippen molar-refractivity contribution in [2.24, 2.45) is 0 Å². The van der Waals surface area contributed by atoms with Gasteiger partial charge in [0.2, 0.25) is 5.95 Å². The number of para-hydroxylation sites is 2. The first-order valence-corrected chi connectivity index (χ1v) is 9.73. The van der Waals surface area contributed by atoms with Crippen LogP contribution in [0.4, 0.5) is 5.95 Å². The van der Waals surface area contributed by atoms with Gasteiger partial charge in [0.05, 0.1) is 23.3 Å². The van der Waals surface area contributed by atoms with Crippen molar-refractivity contribution in [2.75, 3.05) is 5.32 Å². The van der Waals surface area contributed by atoms with E-state index in [1.54, 1.807) is 12.5 Å². The largest absolute Gasteiger partial charge is 0.469 e. The highest BCUT2D eigenvalue weighted by molar-refractivity contribution is 6.01. The van der Waals surface area contributed by atoms with Gasteiger partial charge in [-0.25, -0.2) is 4.98 Å². The van der Waals surface area contributed by atoms with Crippen LogP contribution in [0, 0.1) is 0 Å². The van der Waals surface area contributed by atoms with E-state index in [2.05, 4.69) is 14.9 Å². The minimum Gasteiger partial charge on any atom is -0.469 e. The number of allylic oxidation sites excluding steroid dienone is 2. The van der Waals surface area contributed by atoms with Crippen LogP contribution >= 0.6 is 0 Å². The van der Waals surface area contributed by atoms with Crippen LogP contribution in [-0.2, 0) is 4.79 Å². The fourth-order valence-electron chi connectivity index (χ4n) is 4.60. The van der Waals surface area contributed by atoms with Crippen molar-refractivity contribution in [3.8, 4) is 0 Å². The Morgan fingerprint density at radius 3 is 2.83 bits per heavy atom. The molecular weight excluding hydrogens is 364 g/mol. The summed E-state index contributed by atoms with van der Waals surface area (Å²) in [7, 11) is 0. The predicted octanol–water partition coefficient (Wildman–Crippen LogP) is 4.44. The number of Topliss-reactive ketones (excluding diaryl/α,β-unsaturated/α-hetero) is 1. The number of anilines is 1. The number of pyridine rings is 1. The first-order valence-electron chi connectivity index (χ1n) is 9.73. The molecule has 0 fully saturated rings. The second-order valence-corrected chi connectivity index (χ2v) is 7.54. The van der Waals surface area contributed by atoms with E-state index < -0.39 is 0 Å². The number of carbonyl (C=O) groups excluding carboxylic acids is 1. The van der Waals surface area contributed by atoms with Gasteiger partial charge in [0, 0.05) is 36.0 Å². The van der Waals surface area contributed by atoms with Crippen LogP contribution < -0.4 is 5.32 Å². The smallest absolute Gasteiger partial charge is 0.209 e. The first kappa shape index (κ1) is 16.3. The lowest BCUT2D eigenvalue weighted by Gasteiger charge is -2.35. The van der Waals surface area contributed by atoms with Gasteiger partial charge in [0.25, 0.3) is 0 Å². The molecular formula is C23H18N4O2. The maximum atomic E-state index is 13.4. The fourth-order valence-corrected chi connectivity index (χ4v) is 4.60. The third kappa shape index (κ3) is 2.45. The number of nitrogens with zero attached hydrogens (tertiary/aromatic N) is 3. The Kier molecular flexibility index (Phi) is 3.47. The second kappa shape index (κ2) is 6.17. The molecule has 29 heavy (non-hydrogen) atoms. The Morgan fingerprint density at radius 2 is 2.00 bits per heavy atom. The Labute approximate surface area is 166 Å². The monoisotopic (exact) mass is 382 g/mol. The molecule has 1 aromatic carbocycles. The lowest BCUT2D eigenvalue weighted by Crippen LogP contribution is -2.33. The highest BCUT2D eigenvalue weighted by atomic mass is 16.3. The van der Waals surface area contributed by atoms with Gasteiger partial charge in [-0.3, -0.25) is 14.3 Å². The molecule has 0 saturated carbocycles. The molecule has 0 unspecified atom stereocenters. The van der Waals surface area contributed by atoms with E-state index in [1.165, 1.54) is 0 Å². The zero-order valence-electron chi connectivity index (χ0n) is 15.6. The second-order valence-electron chi connectivity index (χ2n) is 7.54. The maximum Gasteiger partial charge on any atom is 0.209 e. The van der Waals surface area contributed by atoms with E-state index in [0.717, 1.165) is 39.6 Å². The number of hydrogen-bond acceptors (Lipinski definition) is 5. The van der Waals surface area contributed by atoms with Gasteiger partial charge < -0.3 is 9.73 Å². The van der Waals surface area contributed by atoms with Crippen molar-refractivity contribution in [2.45, 2.75) is 24.8 Å². The maximum absolute atomic E-state index is 13.4.